The molecule has 0 fully saturated rings. The van der Waals surface area contributed by atoms with Crippen LogP contribution in [0.5, 0.6) is 0 Å². The molecular weight excluding hydrogens is 326 g/mol. The van der Waals surface area contributed by atoms with Gasteiger partial charge in [-0.2, -0.15) is 4.57 Å². The van der Waals surface area contributed by atoms with Gasteiger partial charge in [-0.05, 0) is 23.3 Å². The van der Waals surface area contributed by atoms with Gasteiger partial charge in [-0.15, -0.1) is 0 Å². The predicted molar refractivity (Wildman–Crippen MR) is 79.7 cm³/mol. The van der Waals surface area contributed by atoms with E-state index in [2.05, 4.69) is 0 Å². The van der Waals surface area contributed by atoms with Crippen LogP contribution in [0.1, 0.15) is 15.9 Å². The van der Waals surface area contributed by atoms with E-state index in [0.717, 1.165) is 16.3 Å². The Bertz CT molecular complexity index is 760. The highest BCUT2D eigenvalue weighted by Crippen LogP contribution is 2.18. The van der Waals surface area contributed by atoms with Gasteiger partial charge >= 0.3 is 0 Å². The Hall–Kier alpha value is -2.00. The Kier molecular flexibility index (Phi) is 4.86. The summed E-state index contributed by atoms with van der Waals surface area (Å²) in [6.07, 6.45) is 3.89. The molecule has 0 aliphatic heterocycles. The second-order valence-corrected chi connectivity index (χ2v) is 5.00. The second kappa shape index (κ2) is 6.64. The van der Waals surface area contributed by atoms with Crippen LogP contribution in [0, 0.1) is 6.92 Å². The highest BCUT2D eigenvalue weighted by Gasteiger charge is 2.14. The molecule has 106 valence electrons. The van der Waals surface area contributed by atoms with E-state index < -0.39 is 0 Å². The number of rotatable bonds is 3. The lowest BCUT2D eigenvalue weighted by atomic mass is 10.0. The lowest BCUT2D eigenvalue weighted by molar-refractivity contribution is -0.683. The summed E-state index contributed by atoms with van der Waals surface area (Å²) in [5.74, 6) is 0.135. The Balaban J connectivity index is 0.00000161. The molecular formula is C18H16BrNO. The minimum atomic E-state index is 0. The third-order valence-corrected chi connectivity index (χ3v) is 3.47. The van der Waals surface area contributed by atoms with E-state index in [-0.39, 0.29) is 22.8 Å². The van der Waals surface area contributed by atoms with E-state index in [1.807, 2.05) is 78.5 Å². The molecule has 0 bridgehead atoms. The molecule has 0 atom stereocenters. The second-order valence-electron chi connectivity index (χ2n) is 5.00. The fourth-order valence-corrected chi connectivity index (χ4v) is 2.36. The zero-order chi connectivity index (χ0) is 13.9. The first-order chi connectivity index (χ1) is 9.74. The molecule has 0 radical (unpaired) electrons. The summed E-state index contributed by atoms with van der Waals surface area (Å²) < 4.78 is 1.91. The quantitative estimate of drug-likeness (QED) is 0.496. The summed E-state index contributed by atoms with van der Waals surface area (Å²) in [4.78, 5) is 12.5. The number of carbonyl (C=O) groups excluding carboxylic acids is 1. The first-order valence-electron chi connectivity index (χ1n) is 6.71. The summed E-state index contributed by atoms with van der Waals surface area (Å²) in [7, 11) is 0. The molecule has 0 spiro atoms. The van der Waals surface area contributed by atoms with Crippen molar-refractivity contribution in [1.29, 1.82) is 0 Å². The topological polar surface area (TPSA) is 20.9 Å². The van der Waals surface area contributed by atoms with Crippen LogP contribution in [-0.2, 0) is 6.54 Å². The molecule has 3 aromatic rings. The summed E-state index contributed by atoms with van der Waals surface area (Å²) in [5.41, 5.74) is 1.98. The van der Waals surface area contributed by atoms with Crippen LogP contribution in [0.2, 0.25) is 0 Å². The first-order valence-corrected chi connectivity index (χ1v) is 6.71. The summed E-state index contributed by atoms with van der Waals surface area (Å²) >= 11 is 0. The van der Waals surface area contributed by atoms with Gasteiger partial charge in [0, 0.05) is 17.7 Å². The van der Waals surface area contributed by atoms with E-state index in [0.29, 0.717) is 6.54 Å². The SMILES string of the molecule is Cc1cc[n+](CC(=O)c2cccc3ccccc23)cc1.[Br-]. The number of aryl methyl sites for hydroxylation is 1. The number of Topliss-reactive ketones (excluding diaryl/α,β-unsaturated/α-hetero) is 1. The number of pyridine rings is 1. The standard InChI is InChI=1S/C18H16NO.BrH/c1-14-9-11-19(12-10-14)13-18(20)17-8-4-6-15-5-2-3-7-16(15)17;/h2-12H,13H2,1H3;1H/q+1;/p-1. The van der Waals surface area contributed by atoms with Gasteiger partial charge < -0.3 is 17.0 Å². The highest BCUT2D eigenvalue weighted by atomic mass is 79.9. The van der Waals surface area contributed by atoms with Crippen molar-refractivity contribution in [1.82, 2.24) is 0 Å². The maximum atomic E-state index is 12.5. The number of halogens is 1. The van der Waals surface area contributed by atoms with Crippen LogP contribution in [0.3, 0.4) is 0 Å². The molecule has 0 aliphatic rings. The zero-order valence-electron chi connectivity index (χ0n) is 11.8. The minimum absolute atomic E-state index is 0. The molecule has 0 aliphatic carbocycles. The molecule has 0 unspecified atom stereocenters. The molecule has 0 saturated heterocycles. The van der Waals surface area contributed by atoms with Gasteiger partial charge in [-0.25, -0.2) is 0 Å². The van der Waals surface area contributed by atoms with Crippen molar-refractivity contribution in [2.24, 2.45) is 0 Å². The lowest BCUT2D eigenvalue weighted by Gasteiger charge is -2.04. The van der Waals surface area contributed by atoms with E-state index in [1.165, 1.54) is 5.56 Å². The number of nitrogens with zero attached hydrogens (tertiary/aromatic N) is 1. The molecule has 0 saturated carbocycles. The van der Waals surface area contributed by atoms with Crippen LogP contribution < -0.4 is 21.5 Å². The molecule has 2 aromatic carbocycles. The van der Waals surface area contributed by atoms with Gasteiger partial charge in [0.2, 0.25) is 12.3 Å². The fraction of sp³-hybridized carbons (Fsp3) is 0.111. The van der Waals surface area contributed by atoms with Crippen molar-refractivity contribution in [3.63, 3.8) is 0 Å². The van der Waals surface area contributed by atoms with Crippen LogP contribution in [0.25, 0.3) is 10.8 Å². The van der Waals surface area contributed by atoms with Gasteiger partial charge in [0.25, 0.3) is 0 Å². The van der Waals surface area contributed by atoms with E-state index in [1.54, 1.807) is 0 Å². The fourth-order valence-electron chi connectivity index (χ4n) is 2.36. The Morgan fingerprint density at radius 1 is 0.952 bits per heavy atom. The average molecular weight is 342 g/mol. The zero-order valence-corrected chi connectivity index (χ0v) is 13.4. The summed E-state index contributed by atoms with van der Waals surface area (Å²) in [6, 6.07) is 17.9. The first kappa shape index (κ1) is 15.4. The monoisotopic (exact) mass is 341 g/mol. The minimum Gasteiger partial charge on any atom is -1.00 e. The van der Waals surface area contributed by atoms with E-state index in [9.17, 15) is 4.79 Å². The number of carbonyl (C=O) groups is 1. The smallest absolute Gasteiger partial charge is 0.228 e. The van der Waals surface area contributed by atoms with Crippen molar-refractivity contribution in [3.05, 3.63) is 78.1 Å². The van der Waals surface area contributed by atoms with Crippen molar-refractivity contribution >= 4 is 16.6 Å². The molecule has 0 amide bonds. The Morgan fingerprint density at radius 2 is 1.62 bits per heavy atom. The normalized spacial score (nSPS) is 10.1. The van der Waals surface area contributed by atoms with E-state index >= 15 is 0 Å². The third kappa shape index (κ3) is 3.37. The molecule has 3 rings (SSSR count). The van der Waals surface area contributed by atoms with Gasteiger partial charge in [0.05, 0.1) is 0 Å². The molecule has 3 heteroatoms. The molecule has 21 heavy (non-hydrogen) atoms. The third-order valence-electron chi connectivity index (χ3n) is 3.47. The lowest BCUT2D eigenvalue weighted by Crippen LogP contribution is -3.00. The van der Waals surface area contributed by atoms with Crippen LogP contribution in [-0.4, -0.2) is 5.78 Å². The van der Waals surface area contributed by atoms with Gasteiger partial charge in [0.1, 0.15) is 0 Å². The van der Waals surface area contributed by atoms with Gasteiger partial charge in [-0.1, -0.05) is 42.5 Å². The van der Waals surface area contributed by atoms with Crippen LogP contribution >= 0.6 is 0 Å². The number of hydrogen-bond acceptors (Lipinski definition) is 1. The Labute approximate surface area is 134 Å². The molecule has 2 nitrogen and oxygen atoms in total. The largest absolute Gasteiger partial charge is 1.00 e. The van der Waals surface area contributed by atoms with Gasteiger partial charge in [0.15, 0.2) is 12.4 Å². The van der Waals surface area contributed by atoms with Crippen LogP contribution in [0.4, 0.5) is 0 Å². The number of ketones is 1. The number of hydrogen-bond donors (Lipinski definition) is 0. The Morgan fingerprint density at radius 3 is 2.38 bits per heavy atom. The highest BCUT2D eigenvalue weighted by molar-refractivity contribution is 6.07. The summed E-state index contributed by atoms with van der Waals surface area (Å²) in [6.45, 7) is 2.41. The maximum absolute atomic E-state index is 12.5. The summed E-state index contributed by atoms with van der Waals surface area (Å²) in [5, 5.41) is 2.12. The van der Waals surface area contributed by atoms with Crippen molar-refractivity contribution in [2.45, 2.75) is 13.5 Å². The number of benzene rings is 2. The number of aromatic nitrogens is 1. The van der Waals surface area contributed by atoms with Crippen molar-refractivity contribution < 1.29 is 26.3 Å². The predicted octanol–water partition coefficient (Wildman–Crippen LogP) is 0.323. The number of fused-ring (bicyclic) bond motifs is 1. The molecule has 1 aromatic heterocycles. The van der Waals surface area contributed by atoms with Gasteiger partial charge in [-0.3, -0.25) is 4.79 Å². The van der Waals surface area contributed by atoms with Crippen LogP contribution in [0.15, 0.2) is 67.0 Å². The maximum Gasteiger partial charge on any atom is 0.228 e. The van der Waals surface area contributed by atoms with Crippen molar-refractivity contribution in [3.8, 4) is 0 Å². The average Bonchev–Trinajstić information content (AvgIpc) is 2.49. The van der Waals surface area contributed by atoms with Crippen molar-refractivity contribution in [2.75, 3.05) is 0 Å². The van der Waals surface area contributed by atoms with E-state index in [4.69, 9.17) is 0 Å². The molecule has 0 N–H and O–H groups in total. The molecule has 1 heterocycles.